The van der Waals surface area contributed by atoms with Gasteiger partial charge in [-0.1, -0.05) is 0 Å². The molecule has 1 aromatic heterocycles. The zero-order valence-electron chi connectivity index (χ0n) is 22.2. The van der Waals surface area contributed by atoms with Gasteiger partial charge < -0.3 is 50.9 Å². The maximum Gasteiger partial charge on any atom is 0.257 e. The Balaban J connectivity index is 1.69. The van der Waals surface area contributed by atoms with Crippen LogP contribution in [-0.2, 0) is 25.4 Å². The molecule has 0 radical (unpaired) electrons. The summed E-state index contributed by atoms with van der Waals surface area (Å²) >= 11 is 0. The zero-order valence-corrected chi connectivity index (χ0v) is 22.2. The van der Waals surface area contributed by atoms with Crippen LogP contribution >= 0.6 is 0 Å². The lowest BCUT2D eigenvalue weighted by atomic mass is 10.1. The number of nitrogens with one attached hydrogen (secondary N) is 1. The number of nitrogens with zero attached hydrogens (tertiary/aromatic N) is 2. The molecule has 13 heteroatoms. The number of carbonyl (C=O) groups is 1. The normalized spacial score (nSPS) is 10.8. The summed E-state index contributed by atoms with van der Waals surface area (Å²) in [4.78, 5) is 20.2. The average Bonchev–Trinajstić information content (AvgIpc) is 2.91. The van der Waals surface area contributed by atoms with Crippen LogP contribution in [0.3, 0.4) is 0 Å². The highest BCUT2D eigenvalue weighted by Gasteiger charge is 2.17. The number of aromatic nitrogens is 2. The van der Waals surface area contributed by atoms with Gasteiger partial charge in [0.15, 0.2) is 18.1 Å². The van der Waals surface area contributed by atoms with Gasteiger partial charge in [-0.05, 0) is 37.1 Å². The first-order valence-corrected chi connectivity index (χ1v) is 12.4. The number of hydrogen-bond acceptors (Lipinski definition) is 12. The lowest BCUT2D eigenvalue weighted by Crippen LogP contribution is -2.30. The molecule has 1 aromatic carbocycles. The molecule has 2 aromatic rings. The summed E-state index contributed by atoms with van der Waals surface area (Å²) in [5.41, 5.74) is 18.4. The van der Waals surface area contributed by atoms with Crippen LogP contribution in [0.1, 0.15) is 24.0 Å². The lowest BCUT2D eigenvalue weighted by molar-refractivity contribution is -0.123. The van der Waals surface area contributed by atoms with Crippen molar-refractivity contribution in [3.05, 3.63) is 29.5 Å². The molecule has 38 heavy (non-hydrogen) atoms. The van der Waals surface area contributed by atoms with E-state index < -0.39 is 0 Å². The highest BCUT2D eigenvalue weighted by molar-refractivity contribution is 5.77. The van der Waals surface area contributed by atoms with Crippen LogP contribution in [0.5, 0.6) is 17.2 Å². The summed E-state index contributed by atoms with van der Waals surface area (Å²) in [6.45, 7) is 4.07. The predicted octanol–water partition coefficient (Wildman–Crippen LogP) is 0.533. The van der Waals surface area contributed by atoms with Gasteiger partial charge in [0.25, 0.3) is 5.91 Å². The van der Waals surface area contributed by atoms with Gasteiger partial charge >= 0.3 is 0 Å². The summed E-state index contributed by atoms with van der Waals surface area (Å²) in [7, 11) is 3.02. The smallest absolute Gasteiger partial charge is 0.257 e. The number of methoxy groups -OCH3 is 2. The van der Waals surface area contributed by atoms with Gasteiger partial charge in [0.1, 0.15) is 5.82 Å². The van der Waals surface area contributed by atoms with Gasteiger partial charge in [0, 0.05) is 37.9 Å². The van der Waals surface area contributed by atoms with Gasteiger partial charge in [0.05, 0.1) is 40.6 Å². The Morgan fingerprint density at radius 3 is 2.11 bits per heavy atom. The number of nitrogen functional groups attached to an aromatic ring is 2. The fraction of sp³-hybridized carbons (Fsp3) is 0.560. The monoisotopic (exact) mass is 536 g/mol. The molecular weight excluding hydrogens is 496 g/mol. The first kappa shape index (κ1) is 30.8. The van der Waals surface area contributed by atoms with Crippen LogP contribution in [0.2, 0.25) is 0 Å². The molecule has 7 N–H and O–H groups in total. The summed E-state index contributed by atoms with van der Waals surface area (Å²) < 4.78 is 32.9. The summed E-state index contributed by atoms with van der Waals surface area (Å²) in [6, 6.07) is 3.56. The maximum absolute atomic E-state index is 12.3. The number of amides is 1. The van der Waals surface area contributed by atoms with Crippen molar-refractivity contribution in [1.82, 2.24) is 15.3 Å². The fourth-order valence-corrected chi connectivity index (χ4v) is 3.29. The van der Waals surface area contributed by atoms with Crippen LogP contribution < -0.4 is 36.7 Å². The van der Waals surface area contributed by atoms with Crippen molar-refractivity contribution < 1.29 is 33.2 Å². The van der Waals surface area contributed by atoms with Crippen molar-refractivity contribution in [3.63, 3.8) is 0 Å². The highest BCUT2D eigenvalue weighted by Crippen LogP contribution is 2.39. The number of ether oxygens (including phenoxy) is 6. The Kier molecular flexibility index (Phi) is 14.6. The van der Waals surface area contributed by atoms with E-state index in [-0.39, 0.29) is 18.5 Å². The Morgan fingerprint density at radius 2 is 1.53 bits per heavy atom. The molecule has 1 heterocycles. The summed E-state index contributed by atoms with van der Waals surface area (Å²) in [5, 5.41) is 2.80. The number of anilines is 2. The number of nitrogens with two attached hydrogens (primary N) is 3. The van der Waals surface area contributed by atoms with Gasteiger partial charge in [-0.3, -0.25) is 4.79 Å². The van der Waals surface area contributed by atoms with E-state index in [2.05, 4.69) is 15.3 Å². The second-order valence-corrected chi connectivity index (χ2v) is 8.12. The Labute approximate surface area is 223 Å². The molecule has 0 aliphatic rings. The van der Waals surface area contributed by atoms with E-state index in [0.29, 0.717) is 94.2 Å². The van der Waals surface area contributed by atoms with E-state index in [1.165, 1.54) is 14.2 Å². The van der Waals surface area contributed by atoms with E-state index in [9.17, 15) is 4.79 Å². The van der Waals surface area contributed by atoms with Crippen molar-refractivity contribution in [3.8, 4) is 17.2 Å². The molecule has 0 bridgehead atoms. The topological polar surface area (TPSA) is 188 Å². The molecule has 1 amide bonds. The number of hydrogen-bond donors (Lipinski definition) is 4. The molecule has 0 fully saturated rings. The van der Waals surface area contributed by atoms with Crippen molar-refractivity contribution in [2.24, 2.45) is 5.73 Å². The highest BCUT2D eigenvalue weighted by atomic mass is 16.5. The minimum atomic E-state index is -0.275. The van der Waals surface area contributed by atoms with E-state index in [1.54, 1.807) is 18.3 Å². The molecule has 0 aliphatic carbocycles. The average molecular weight is 537 g/mol. The minimum absolute atomic E-state index is 0.109. The molecule has 0 atom stereocenters. The van der Waals surface area contributed by atoms with Crippen molar-refractivity contribution in [2.45, 2.75) is 19.3 Å². The van der Waals surface area contributed by atoms with E-state index in [0.717, 1.165) is 12.0 Å². The largest absolute Gasteiger partial charge is 0.493 e. The number of carbonyl (C=O) groups excluding carboxylic acids is 1. The summed E-state index contributed by atoms with van der Waals surface area (Å²) in [6.07, 6.45) is 3.51. The fourth-order valence-electron chi connectivity index (χ4n) is 3.29. The molecule has 0 unspecified atom stereocenters. The molecule has 2 rings (SSSR count). The van der Waals surface area contributed by atoms with Crippen LogP contribution in [0.25, 0.3) is 0 Å². The van der Waals surface area contributed by atoms with Crippen LogP contribution in [0, 0.1) is 0 Å². The van der Waals surface area contributed by atoms with Crippen molar-refractivity contribution in [2.75, 3.05) is 85.0 Å². The van der Waals surface area contributed by atoms with Crippen LogP contribution in [0.15, 0.2) is 18.3 Å². The van der Waals surface area contributed by atoms with E-state index in [1.807, 2.05) is 0 Å². The SMILES string of the molecule is COc1cc(Cc2cnc(N)nc2N)cc(OC)c1OCC(=O)NCCCOCCOCCOCCCN. The van der Waals surface area contributed by atoms with E-state index >= 15 is 0 Å². The van der Waals surface area contributed by atoms with Crippen LogP contribution in [0.4, 0.5) is 11.8 Å². The molecule has 212 valence electrons. The lowest BCUT2D eigenvalue weighted by Gasteiger charge is -2.16. The zero-order chi connectivity index (χ0) is 27.6. The van der Waals surface area contributed by atoms with E-state index in [4.69, 9.17) is 45.6 Å². The van der Waals surface area contributed by atoms with Crippen LogP contribution in [-0.4, -0.2) is 89.4 Å². The van der Waals surface area contributed by atoms with Gasteiger partial charge in [0.2, 0.25) is 11.7 Å². The first-order chi connectivity index (χ1) is 18.5. The quantitative estimate of drug-likeness (QED) is 0.172. The number of benzene rings is 1. The first-order valence-electron chi connectivity index (χ1n) is 12.4. The van der Waals surface area contributed by atoms with Gasteiger partial charge in [-0.2, -0.15) is 4.98 Å². The molecular formula is C25H40N6O7. The molecule has 0 saturated carbocycles. The third-order valence-electron chi connectivity index (χ3n) is 5.20. The molecule has 13 nitrogen and oxygen atoms in total. The second-order valence-electron chi connectivity index (χ2n) is 8.12. The molecule has 0 saturated heterocycles. The second kappa shape index (κ2) is 18.0. The Hall–Kier alpha value is -3.39. The Morgan fingerprint density at radius 1 is 0.921 bits per heavy atom. The summed E-state index contributed by atoms with van der Waals surface area (Å²) in [5.74, 6) is 1.29. The Bertz CT molecular complexity index is 954. The third kappa shape index (κ3) is 11.3. The minimum Gasteiger partial charge on any atom is -0.493 e. The maximum atomic E-state index is 12.3. The van der Waals surface area contributed by atoms with Gasteiger partial charge in [-0.25, -0.2) is 4.98 Å². The standard InChI is InChI=1S/C25H40N6O7/c1-33-20-14-18(13-19-16-30-25(28)31-24(19)27)15-21(34-2)23(20)38-17-22(32)29-6-4-8-36-10-12-37-11-9-35-7-3-5-26/h14-16H,3-13,17,26H2,1-2H3,(H,29,32)(H4,27,28,30,31). The molecule has 0 aliphatic heterocycles. The van der Waals surface area contributed by atoms with Gasteiger partial charge in [-0.15, -0.1) is 0 Å². The molecule has 0 spiro atoms. The predicted molar refractivity (Wildman–Crippen MR) is 142 cm³/mol. The van der Waals surface area contributed by atoms with Crippen molar-refractivity contribution >= 4 is 17.7 Å². The number of rotatable bonds is 20. The third-order valence-corrected chi connectivity index (χ3v) is 5.20. The van der Waals surface area contributed by atoms with Crippen molar-refractivity contribution in [1.29, 1.82) is 0 Å².